The minimum absolute atomic E-state index is 0.0355. The first-order chi connectivity index (χ1) is 27.3. The summed E-state index contributed by atoms with van der Waals surface area (Å²) in [5, 5.41) is 0. The maximum absolute atomic E-state index is 12.5. The molecule has 0 radical (unpaired) electrons. The molecule has 0 amide bonds. The Morgan fingerprint density at radius 1 is 0.554 bits per heavy atom. The van der Waals surface area contributed by atoms with Crippen LogP contribution in [-0.4, -0.2) is 49.3 Å². The summed E-state index contributed by atoms with van der Waals surface area (Å²) >= 11 is 0. The summed E-state index contributed by atoms with van der Waals surface area (Å²) in [6, 6.07) is 0. The molecular weight excluding hydrogens is 725 g/mol. The van der Waals surface area contributed by atoms with E-state index in [0.717, 1.165) is 70.6 Å². The topological polar surface area (TPSA) is 134 Å². The molecule has 0 aromatic carbocycles. The Morgan fingerprint density at radius 3 is 1.54 bits per heavy atom. The lowest BCUT2D eigenvalue weighted by molar-refractivity contribution is -0.161. The molecule has 0 saturated carbocycles. The molecule has 0 aromatic heterocycles. The normalized spacial score (nSPS) is 14.3. The van der Waals surface area contributed by atoms with Gasteiger partial charge < -0.3 is 20.1 Å². The van der Waals surface area contributed by atoms with Gasteiger partial charge in [0, 0.05) is 19.4 Å². The Morgan fingerprint density at radius 2 is 1.02 bits per heavy atom. The number of phosphoric ester groups is 1. The summed E-state index contributed by atoms with van der Waals surface area (Å²) in [4.78, 5) is 34.8. The number of rotatable bonds is 38. The molecule has 0 aliphatic rings. The Labute approximate surface area is 340 Å². The standard InChI is InChI=1S/C46H76NO8P/c1-3-5-7-9-11-13-15-17-18-19-20-21-22-23-24-25-27-28-30-32-34-36-38-45(48)52-42-44(43-54-56(50,51)53-41-40-47)55-46(49)39-37-35-33-31-29-26-16-14-12-10-8-6-4-2/h5,7,11,13,17-18,20-21,23-24,26-29,33,35,44H,3-4,6,8-10,12,14-16,19,22,25,30-32,34,36-43,47H2,1-2H3,(H,50,51)/b7-5+,13-11+,18-17+,21-20+,24-23+,28-27+,29-26+,35-33+. The molecule has 10 heteroatoms. The van der Waals surface area contributed by atoms with Crippen molar-refractivity contribution in [2.45, 2.75) is 155 Å². The molecule has 0 aliphatic carbocycles. The van der Waals surface area contributed by atoms with Gasteiger partial charge in [-0.3, -0.25) is 18.6 Å². The Kier molecular flexibility index (Phi) is 39.3. The average Bonchev–Trinajstić information content (AvgIpc) is 3.18. The fraction of sp³-hybridized carbons (Fsp3) is 0.609. The maximum Gasteiger partial charge on any atom is 0.472 e. The number of hydrogen-bond donors (Lipinski definition) is 2. The van der Waals surface area contributed by atoms with Crippen molar-refractivity contribution in [3.05, 3.63) is 97.2 Å². The quantitative estimate of drug-likeness (QED) is 0.0271. The van der Waals surface area contributed by atoms with Gasteiger partial charge in [-0.05, 0) is 83.5 Å². The van der Waals surface area contributed by atoms with Gasteiger partial charge in [0.05, 0.1) is 13.2 Å². The van der Waals surface area contributed by atoms with Crippen LogP contribution in [0, 0.1) is 0 Å². The van der Waals surface area contributed by atoms with Crippen LogP contribution < -0.4 is 5.73 Å². The molecular formula is C46H76NO8P. The van der Waals surface area contributed by atoms with Crippen LogP contribution in [0.5, 0.6) is 0 Å². The lowest BCUT2D eigenvalue weighted by atomic mass is 10.1. The van der Waals surface area contributed by atoms with Gasteiger partial charge in [0.15, 0.2) is 6.10 Å². The molecule has 318 valence electrons. The van der Waals surface area contributed by atoms with Gasteiger partial charge in [0.25, 0.3) is 0 Å². The van der Waals surface area contributed by atoms with E-state index in [1.807, 2.05) is 12.2 Å². The highest BCUT2D eigenvalue weighted by molar-refractivity contribution is 7.47. The molecule has 0 rings (SSSR count). The van der Waals surface area contributed by atoms with Crippen molar-refractivity contribution in [2.75, 3.05) is 26.4 Å². The number of hydrogen-bond acceptors (Lipinski definition) is 8. The van der Waals surface area contributed by atoms with Crippen molar-refractivity contribution >= 4 is 19.8 Å². The smallest absolute Gasteiger partial charge is 0.462 e. The zero-order chi connectivity index (χ0) is 41.1. The van der Waals surface area contributed by atoms with Crippen molar-refractivity contribution in [1.29, 1.82) is 0 Å². The van der Waals surface area contributed by atoms with E-state index in [9.17, 15) is 19.0 Å². The van der Waals surface area contributed by atoms with Gasteiger partial charge >= 0.3 is 19.8 Å². The largest absolute Gasteiger partial charge is 0.472 e. The Bertz CT molecular complexity index is 1230. The van der Waals surface area contributed by atoms with E-state index in [1.165, 1.54) is 38.5 Å². The third-order valence-electron chi connectivity index (χ3n) is 8.22. The number of phosphoric acid groups is 1. The molecule has 0 aromatic rings. The zero-order valence-electron chi connectivity index (χ0n) is 34.8. The molecule has 0 spiro atoms. The van der Waals surface area contributed by atoms with Crippen LogP contribution >= 0.6 is 7.82 Å². The molecule has 3 N–H and O–H groups in total. The SMILES string of the molecule is CC/C=C/C/C=C/C/C=C/C/C=C/C/C=C/C/C=C/CCCCCC(=O)OCC(COP(=O)(O)OCCN)OC(=O)CC/C=C/C/C=C/CCCCCCCC. The minimum atomic E-state index is -4.40. The van der Waals surface area contributed by atoms with Gasteiger partial charge in [0.1, 0.15) is 6.61 Å². The first-order valence-electron chi connectivity index (χ1n) is 21.2. The third-order valence-corrected chi connectivity index (χ3v) is 9.20. The van der Waals surface area contributed by atoms with Crippen LogP contribution in [-0.2, 0) is 32.7 Å². The van der Waals surface area contributed by atoms with E-state index < -0.39 is 32.5 Å². The minimum Gasteiger partial charge on any atom is -0.462 e. The summed E-state index contributed by atoms with van der Waals surface area (Å²) in [5.74, 6) is -0.956. The first-order valence-corrected chi connectivity index (χ1v) is 22.7. The van der Waals surface area contributed by atoms with Crippen molar-refractivity contribution in [3.63, 3.8) is 0 Å². The summed E-state index contributed by atoms with van der Waals surface area (Å²) in [7, 11) is -4.40. The van der Waals surface area contributed by atoms with Crippen LogP contribution in [0.25, 0.3) is 0 Å². The summed E-state index contributed by atoms with van der Waals surface area (Å²) in [6.07, 6.45) is 53.1. The van der Waals surface area contributed by atoms with Gasteiger partial charge in [-0.25, -0.2) is 4.57 Å². The van der Waals surface area contributed by atoms with E-state index in [1.54, 1.807) is 0 Å². The fourth-order valence-electron chi connectivity index (χ4n) is 5.10. The number of esters is 2. The average molecular weight is 802 g/mol. The highest BCUT2D eigenvalue weighted by Gasteiger charge is 2.25. The monoisotopic (exact) mass is 802 g/mol. The molecule has 0 saturated heterocycles. The maximum atomic E-state index is 12.5. The Balaban J connectivity index is 4.30. The number of nitrogens with two attached hydrogens (primary N) is 1. The summed E-state index contributed by atoms with van der Waals surface area (Å²) in [6.45, 7) is 3.47. The van der Waals surface area contributed by atoms with Crippen LogP contribution in [0.1, 0.15) is 149 Å². The molecule has 9 nitrogen and oxygen atoms in total. The van der Waals surface area contributed by atoms with Gasteiger partial charge in [0.2, 0.25) is 0 Å². The van der Waals surface area contributed by atoms with Crippen LogP contribution in [0.15, 0.2) is 97.2 Å². The van der Waals surface area contributed by atoms with E-state index >= 15 is 0 Å². The number of carbonyl (C=O) groups excluding carboxylic acids is 2. The number of allylic oxidation sites excluding steroid dienone is 16. The molecule has 56 heavy (non-hydrogen) atoms. The second-order valence-electron chi connectivity index (χ2n) is 13.5. The van der Waals surface area contributed by atoms with Crippen molar-refractivity contribution < 1.29 is 37.6 Å². The van der Waals surface area contributed by atoms with Crippen molar-refractivity contribution in [1.82, 2.24) is 0 Å². The molecule has 0 heterocycles. The summed E-state index contributed by atoms with van der Waals surface area (Å²) in [5.41, 5.74) is 5.33. The molecule has 0 aliphatic heterocycles. The predicted molar refractivity (Wildman–Crippen MR) is 233 cm³/mol. The van der Waals surface area contributed by atoms with Crippen molar-refractivity contribution in [3.8, 4) is 0 Å². The zero-order valence-corrected chi connectivity index (χ0v) is 35.7. The second kappa shape index (κ2) is 41.6. The molecule has 2 unspecified atom stereocenters. The lowest BCUT2D eigenvalue weighted by Crippen LogP contribution is -2.29. The predicted octanol–water partition coefficient (Wildman–Crippen LogP) is 12.2. The number of carbonyl (C=O) groups is 2. The first kappa shape index (κ1) is 52.9. The fourth-order valence-corrected chi connectivity index (χ4v) is 5.87. The highest BCUT2D eigenvalue weighted by atomic mass is 31.2. The van der Waals surface area contributed by atoms with E-state index in [-0.39, 0.29) is 32.6 Å². The van der Waals surface area contributed by atoms with Gasteiger partial charge in [-0.1, -0.05) is 150 Å². The molecule has 0 bridgehead atoms. The van der Waals surface area contributed by atoms with Crippen LogP contribution in [0.2, 0.25) is 0 Å². The van der Waals surface area contributed by atoms with Gasteiger partial charge in [-0.2, -0.15) is 0 Å². The Hall–Kier alpha value is -3.07. The van der Waals surface area contributed by atoms with E-state index in [4.69, 9.17) is 24.3 Å². The van der Waals surface area contributed by atoms with Crippen LogP contribution in [0.4, 0.5) is 0 Å². The third kappa shape index (κ3) is 40.6. The summed E-state index contributed by atoms with van der Waals surface area (Å²) < 4.78 is 32.6. The van der Waals surface area contributed by atoms with Gasteiger partial charge in [-0.15, -0.1) is 0 Å². The lowest BCUT2D eigenvalue weighted by Gasteiger charge is -2.19. The number of unbranched alkanes of at least 4 members (excludes halogenated alkanes) is 9. The van der Waals surface area contributed by atoms with Crippen LogP contribution in [0.3, 0.4) is 0 Å². The molecule has 2 atom stereocenters. The number of ether oxygens (including phenoxy) is 2. The highest BCUT2D eigenvalue weighted by Crippen LogP contribution is 2.43. The van der Waals surface area contributed by atoms with Crippen molar-refractivity contribution in [2.24, 2.45) is 5.73 Å². The molecule has 0 fully saturated rings. The second-order valence-corrected chi connectivity index (χ2v) is 14.9. The van der Waals surface area contributed by atoms with E-state index in [0.29, 0.717) is 12.8 Å². The van der Waals surface area contributed by atoms with E-state index in [2.05, 4.69) is 98.9 Å².